The molecule has 4 heteroatoms. The summed E-state index contributed by atoms with van der Waals surface area (Å²) in [4.78, 5) is 0. The Morgan fingerprint density at radius 1 is 0.824 bits per heavy atom. The second kappa shape index (κ2) is 11.3. The Labute approximate surface area is 107 Å². The highest BCUT2D eigenvalue weighted by Crippen LogP contribution is 2.47. The molecule has 0 spiro atoms. The highest BCUT2D eigenvalue weighted by molar-refractivity contribution is 7.53. The Morgan fingerprint density at radius 2 is 1.41 bits per heavy atom. The van der Waals surface area contributed by atoms with Crippen LogP contribution >= 0.6 is 7.60 Å². The molecule has 0 fully saturated rings. The first-order valence-corrected chi connectivity index (χ1v) is 8.79. The highest BCUT2D eigenvalue weighted by Gasteiger charge is 2.20. The molecule has 0 radical (unpaired) electrons. The number of hydrogen-bond acceptors (Lipinski definition) is 3. The summed E-state index contributed by atoms with van der Waals surface area (Å²) in [6.45, 7) is 6.95. The standard InChI is InChI=1S/C13H29O3P/c1-4-7-8-9-10-11-12-13-16-17(14,6-3)15-5-2/h4-13H2,1-3H3. The first-order chi connectivity index (χ1) is 8.18. The third-order valence-corrected chi connectivity index (χ3v) is 4.75. The third-order valence-electron chi connectivity index (χ3n) is 2.75. The van der Waals surface area contributed by atoms with Gasteiger partial charge in [-0.1, -0.05) is 52.4 Å². The van der Waals surface area contributed by atoms with E-state index in [-0.39, 0.29) is 0 Å². The van der Waals surface area contributed by atoms with Crippen LogP contribution in [0.1, 0.15) is 65.7 Å². The highest BCUT2D eigenvalue weighted by atomic mass is 31.2. The van der Waals surface area contributed by atoms with Gasteiger partial charge >= 0.3 is 7.60 Å². The van der Waals surface area contributed by atoms with Crippen molar-refractivity contribution < 1.29 is 13.6 Å². The van der Waals surface area contributed by atoms with Crippen molar-refractivity contribution in [2.45, 2.75) is 65.7 Å². The smallest absolute Gasteiger partial charge is 0.309 e. The van der Waals surface area contributed by atoms with E-state index in [1.54, 1.807) is 0 Å². The lowest BCUT2D eigenvalue weighted by Crippen LogP contribution is -1.99. The Morgan fingerprint density at radius 3 is 1.94 bits per heavy atom. The number of hydrogen-bond donors (Lipinski definition) is 0. The van der Waals surface area contributed by atoms with Crippen LogP contribution in [-0.4, -0.2) is 19.4 Å². The van der Waals surface area contributed by atoms with Crippen LogP contribution in [0.4, 0.5) is 0 Å². The van der Waals surface area contributed by atoms with E-state index in [1.165, 1.54) is 38.5 Å². The van der Waals surface area contributed by atoms with Crippen molar-refractivity contribution in [3.8, 4) is 0 Å². The third kappa shape index (κ3) is 9.82. The van der Waals surface area contributed by atoms with Crippen molar-refractivity contribution in [1.82, 2.24) is 0 Å². The van der Waals surface area contributed by atoms with Crippen LogP contribution < -0.4 is 0 Å². The van der Waals surface area contributed by atoms with Gasteiger partial charge in [-0.3, -0.25) is 4.57 Å². The molecule has 1 unspecified atom stereocenters. The van der Waals surface area contributed by atoms with Gasteiger partial charge in [-0.15, -0.1) is 0 Å². The van der Waals surface area contributed by atoms with E-state index in [1.807, 2.05) is 13.8 Å². The Kier molecular flexibility index (Phi) is 11.4. The lowest BCUT2D eigenvalue weighted by atomic mass is 10.1. The molecule has 3 nitrogen and oxygen atoms in total. The van der Waals surface area contributed by atoms with Gasteiger partial charge in [0.15, 0.2) is 0 Å². The molecule has 0 aliphatic carbocycles. The molecule has 0 amide bonds. The van der Waals surface area contributed by atoms with Crippen molar-refractivity contribution in [2.75, 3.05) is 19.4 Å². The summed E-state index contributed by atoms with van der Waals surface area (Å²) in [6, 6.07) is 0. The molecule has 0 aromatic carbocycles. The molecular formula is C13H29O3P. The van der Waals surface area contributed by atoms with Crippen molar-refractivity contribution >= 4 is 7.60 Å². The largest absolute Gasteiger partial charge is 0.330 e. The van der Waals surface area contributed by atoms with Crippen molar-refractivity contribution in [1.29, 1.82) is 0 Å². The summed E-state index contributed by atoms with van der Waals surface area (Å²) in [5.41, 5.74) is 0. The van der Waals surface area contributed by atoms with Crippen LogP contribution in [0, 0.1) is 0 Å². The van der Waals surface area contributed by atoms with Gasteiger partial charge in [-0.05, 0) is 13.3 Å². The predicted octanol–water partition coefficient (Wildman–Crippen LogP) is 5.00. The first-order valence-electron chi connectivity index (χ1n) is 7.06. The molecule has 104 valence electrons. The van der Waals surface area contributed by atoms with E-state index in [0.29, 0.717) is 19.4 Å². The molecule has 0 heterocycles. The van der Waals surface area contributed by atoms with Gasteiger partial charge in [0.1, 0.15) is 0 Å². The zero-order valence-electron chi connectivity index (χ0n) is 11.7. The summed E-state index contributed by atoms with van der Waals surface area (Å²) >= 11 is 0. The van der Waals surface area contributed by atoms with Crippen molar-refractivity contribution in [2.24, 2.45) is 0 Å². The van der Waals surface area contributed by atoms with Gasteiger partial charge in [0.05, 0.1) is 13.2 Å². The quantitative estimate of drug-likeness (QED) is 0.367. The summed E-state index contributed by atoms with van der Waals surface area (Å²) in [6.07, 6.45) is 9.16. The average molecular weight is 264 g/mol. The van der Waals surface area contributed by atoms with Crippen LogP contribution in [0.2, 0.25) is 0 Å². The first kappa shape index (κ1) is 17.2. The minimum atomic E-state index is -2.77. The molecule has 0 rings (SSSR count). The molecule has 0 aliphatic heterocycles. The fourth-order valence-electron chi connectivity index (χ4n) is 1.68. The summed E-state index contributed by atoms with van der Waals surface area (Å²) in [7, 11) is -2.77. The fourth-order valence-corrected chi connectivity index (χ4v) is 2.92. The molecule has 0 saturated carbocycles. The monoisotopic (exact) mass is 264 g/mol. The number of unbranched alkanes of at least 4 members (excludes halogenated alkanes) is 6. The van der Waals surface area contributed by atoms with E-state index in [2.05, 4.69) is 6.92 Å². The summed E-state index contributed by atoms with van der Waals surface area (Å²) in [5, 5.41) is 0. The second-order valence-electron chi connectivity index (χ2n) is 4.30. The maximum absolute atomic E-state index is 11.9. The van der Waals surface area contributed by atoms with Gasteiger partial charge in [0.25, 0.3) is 0 Å². The van der Waals surface area contributed by atoms with E-state index >= 15 is 0 Å². The average Bonchev–Trinajstić information content (AvgIpc) is 2.33. The fraction of sp³-hybridized carbons (Fsp3) is 1.00. The molecule has 0 aromatic heterocycles. The van der Waals surface area contributed by atoms with Crippen molar-refractivity contribution in [3.05, 3.63) is 0 Å². The molecule has 0 saturated heterocycles. The predicted molar refractivity (Wildman–Crippen MR) is 73.7 cm³/mol. The van der Waals surface area contributed by atoms with Gasteiger partial charge in [0, 0.05) is 6.16 Å². The molecule has 1 atom stereocenters. The summed E-state index contributed by atoms with van der Waals surface area (Å²) in [5.74, 6) is 0. The zero-order chi connectivity index (χ0) is 13.0. The molecule has 0 aliphatic rings. The van der Waals surface area contributed by atoms with Crippen LogP contribution in [0.25, 0.3) is 0 Å². The SMILES string of the molecule is CCCCCCCCCOP(=O)(CC)OCC. The van der Waals surface area contributed by atoms with Crippen LogP contribution in [-0.2, 0) is 13.6 Å². The molecule has 0 aromatic rings. The Bertz CT molecular complexity index is 207. The normalized spacial score (nSPS) is 14.8. The van der Waals surface area contributed by atoms with E-state index < -0.39 is 7.60 Å². The topological polar surface area (TPSA) is 35.5 Å². The van der Waals surface area contributed by atoms with Crippen molar-refractivity contribution in [3.63, 3.8) is 0 Å². The van der Waals surface area contributed by atoms with Crippen LogP contribution in [0.3, 0.4) is 0 Å². The van der Waals surface area contributed by atoms with Gasteiger partial charge in [-0.25, -0.2) is 0 Å². The molecule has 17 heavy (non-hydrogen) atoms. The molecular weight excluding hydrogens is 235 g/mol. The maximum atomic E-state index is 11.9. The Balaban J connectivity index is 3.40. The number of rotatable bonds is 12. The van der Waals surface area contributed by atoms with Gasteiger partial charge in [-0.2, -0.15) is 0 Å². The molecule has 0 bridgehead atoms. The Hall–Kier alpha value is 0.150. The van der Waals surface area contributed by atoms with E-state index in [9.17, 15) is 4.57 Å². The van der Waals surface area contributed by atoms with E-state index in [4.69, 9.17) is 9.05 Å². The lowest BCUT2D eigenvalue weighted by molar-refractivity contribution is 0.209. The minimum Gasteiger partial charge on any atom is -0.309 e. The zero-order valence-corrected chi connectivity index (χ0v) is 12.6. The second-order valence-corrected chi connectivity index (χ2v) is 6.67. The molecule has 0 N–H and O–H groups in total. The lowest BCUT2D eigenvalue weighted by Gasteiger charge is -2.15. The summed E-state index contributed by atoms with van der Waals surface area (Å²) < 4.78 is 22.5. The van der Waals surface area contributed by atoms with Gasteiger partial charge in [0.2, 0.25) is 0 Å². The minimum absolute atomic E-state index is 0.460. The van der Waals surface area contributed by atoms with Crippen LogP contribution in [0.5, 0.6) is 0 Å². The van der Waals surface area contributed by atoms with Crippen LogP contribution in [0.15, 0.2) is 0 Å². The van der Waals surface area contributed by atoms with E-state index in [0.717, 1.165) is 6.42 Å². The van der Waals surface area contributed by atoms with Gasteiger partial charge < -0.3 is 9.05 Å². The maximum Gasteiger partial charge on any atom is 0.330 e.